The maximum absolute atomic E-state index is 11.4. The number of hydrogen-bond donors (Lipinski definition) is 0. The van der Waals surface area contributed by atoms with Crippen molar-refractivity contribution in [2.24, 2.45) is 5.92 Å². The van der Waals surface area contributed by atoms with Gasteiger partial charge in [0.15, 0.2) is 0 Å². The first kappa shape index (κ1) is 11.0. The van der Waals surface area contributed by atoms with Crippen molar-refractivity contribution >= 4 is 5.78 Å². The van der Waals surface area contributed by atoms with Gasteiger partial charge >= 0.3 is 0 Å². The zero-order valence-corrected chi connectivity index (χ0v) is 9.05. The standard InChI is InChI=1S/C13H18O/c1-4-7-13-11(5-2)8-6-9-12(13)10(3)14/h4-5,7,12H,1,6,8-9H2,2-3H3/b11-5-,13-7+/t12-/m1/s1. The summed E-state index contributed by atoms with van der Waals surface area (Å²) in [4.78, 5) is 11.4. The first-order valence-corrected chi connectivity index (χ1v) is 5.19. The van der Waals surface area contributed by atoms with E-state index in [9.17, 15) is 4.79 Å². The molecule has 1 aliphatic carbocycles. The predicted molar refractivity (Wildman–Crippen MR) is 60.1 cm³/mol. The molecule has 14 heavy (non-hydrogen) atoms. The first-order valence-electron chi connectivity index (χ1n) is 5.19. The largest absolute Gasteiger partial charge is 0.299 e. The fraction of sp³-hybridized carbons (Fsp3) is 0.462. The topological polar surface area (TPSA) is 17.1 Å². The molecule has 0 radical (unpaired) electrons. The molecule has 1 fully saturated rings. The molecule has 1 rings (SSSR count). The molecule has 0 saturated heterocycles. The SMILES string of the molecule is C=C/C=C1\C(=C/C)CCC[C@@H]1C(C)=O. The molecule has 1 heteroatoms. The Morgan fingerprint density at radius 1 is 1.57 bits per heavy atom. The lowest BCUT2D eigenvalue weighted by molar-refractivity contribution is -0.119. The summed E-state index contributed by atoms with van der Waals surface area (Å²) in [5, 5.41) is 0. The molecule has 1 atom stereocenters. The van der Waals surface area contributed by atoms with Crippen molar-refractivity contribution in [3.8, 4) is 0 Å². The summed E-state index contributed by atoms with van der Waals surface area (Å²) in [6.07, 6.45) is 9.09. The molecule has 1 aliphatic rings. The van der Waals surface area contributed by atoms with Gasteiger partial charge in [0.25, 0.3) is 0 Å². The maximum atomic E-state index is 11.4. The van der Waals surface area contributed by atoms with Gasteiger partial charge in [-0.1, -0.05) is 24.8 Å². The summed E-state index contributed by atoms with van der Waals surface area (Å²) in [7, 11) is 0. The van der Waals surface area contributed by atoms with Crippen LogP contribution >= 0.6 is 0 Å². The van der Waals surface area contributed by atoms with Crippen molar-refractivity contribution in [2.75, 3.05) is 0 Å². The Morgan fingerprint density at radius 2 is 2.29 bits per heavy atom. The van der Waals surface area contributed by atoms with Gasteiger partial charge in [-0.05, 0) is 44.3 Å². The molecule has 76 valence electrons. The number of allylic oxidation sites excluding steroid dienone is 5. The van der Waals surface area contributed by atoms with Crippen LogP contribution in [0.1, 0.15) is 33.1 Å². The van der Waals surface area contributed by atoms with Gasteiger partial charge < -0.3 is 0 Å². The van der Waals surface area contributed by atoms with Gasteiger partial charge in [-0.2, -0.15) is 0 Å². The highest BCUT2D eigenvalue weighted by Crippen LogP contribution is 2.34. The van der Waals surface area contributed by atoms with E-state index in [0.29, 0.717) is 0 Å². The van der Waals surface area contributed by atoms with Gasteiger partial charge in [-0.15, -0.1) is 0 Å². The van der Waals surface area contributed by atoms with Crippen LogP contribution in [0.4, 0.5) is 0 Å². The van der Waals surface area contributed by atoms with Gasteiger partial charge in [-0.25, -0.2) is 0 Å². The molecule has 0 bridgehead atoms. The monoisotopic (exact) mass is 190 g/mol. The molecule has 0 aromatic heterocycles. The summed E-state index contributed by atoms with van der Waals surface area (Å²) < 4.78 is 0. The second-order valence-corrected chi connectivity index (χ2v) is 3.73. The molecule has 0 aliphatic heterocycles. The van der Waals surface area contributed by atoms with Crippen molar-refractivity contribution in [3.63, 3.8) is 0 Å². The van der Waals surface area contributed by atoms with Crippen LogP contribution in [0.25, 0.3) is 0 Å². The average Bonchev–Trinajstić information content (AvgIpc) is 2.18. The number of carbonyl (C=O) groups is 1. The van der Waals surface area contributed by atoms with E-state index < -0.39 is 0 Å². The number of Topliss-reactive ketones (excluding diaryl/α,β-unsaturated/α-hetero) is 1. The van der Waals surface area contributed by atoms with Crippen LogP contribution in [0, 0.1) is 5.92 Å². The summed E-state index contributed by atoms with van der Waals surface area (Å²) >= 11 is 0. The van der Waals surface area contributed by atoms with Crippen LogP contribution < -0.4 is 0 Å². The van der Waals surface area contributed by atoms with Crippen LogP contribution in [-0.2, 0) is 4.79 Å². The highest BCUT2D eigenvalue weighted by molar-refractivity contribution is 5.82. The average molecular weight is 190 g/mol. The van der Waals surface area contributed by atoms with Gasteiger partial charge in [0.1, 0.15) is 5.78 Å². The Balaban J connectivity index is 3.01. The Labute approximate surface area is 86.2 Å². The Morgan fingerprint density at radius 3 is 2.79 bits per heavy atom. The highest BCUT2D eigenvalue weighted by atomic mass is 16.1. The van der Waals surface area contributed by atoms with E-state index in [1.807, 2.05) is 13.0 Å². The molecular formula is C13H18O. The van der Waals surface area contributed by atoms with Crippen molar-refractivity contribution in [2.45, 2.75) is 33.1 Å². The molecule has 0 spiro atoms. The van der Waals surface area contributed by atoms with E-state index in [1.54, 1.807) is 13.0 Å². The number of carbonyl (C=O) groups excluding carboxylic acids is 1. The second-order valence-electron chi connectivity index (χ2n) is 3.73. The molecule has 0 aromatic carbocycles. The maximum Gasteiger partial charge on any atom is 0.137 e. The highest BCUT2D eigenvalue weighted by Gasteiger charge is 2.24. The number of hydrogen-bond acceptors (Lipinski definition) is 1. The lowest BCUT2D eigenvalue weighted by Crippen LogP contribution is -2.19. The van der Waals surface area contributed by atoms with Crippen LogP contribution in [0.15, 0.2) is 36.0 Å². The van der Waals surface area contributed by atoms with Crippen LogP contribution in [0.2, 0.25) is 0 Å². The quantitative estimate of drug-likeness (QED) is 0.652. The number of ketones is 1. The smallest absolute Gasteiger partial charge is 0.137 e. The molecule has 0 N–H and O–H groups in total. The van der Waals surface area contributed by atoms with Crippen LogP contribution in [0.3, 0.4) is 0 Å². The fourth-order valence-corrected chi connectivity index (χ4v) is 2.10. The third kappa shape index (κ3) is 2.22. The fourth-order valence-electron chi connectivity index (χ4n) is 2.10. The Hall–Kier alpha value is -1.11. The van der Waals surface area contributed by atoms with Crippen LogP contribution in [-0.4, -0.2) is 5.78 Å². The van der Waals surface area contributed by atoms with Crippen LogP contribution in [0.5, 0.6) is 0 Å². The summed E-state index contributed by atoms with van der Waals surface area (Å²) in [6.45, 7) is 7.42. The van der Waals surface area contributed by atoms with Gasteiger partial charge in [-0.3, -0.25) is 4.79 Å². The Bertz CT molecular complexity index is 294. The molecule has 0 amide bonds. The zero-order valence-electron chi connectivity index (χ0n) is 9.05. The minimum atomic E-state index is 0.105. The minimum Gasteiger partial charge on any atom is -0.299 e. The van der Waals surface area contributed by atoms with E-state index in [4.69, 9.17) is 0 Å². The molecule has 1 nitrogen and oxygen atoms in total. The third-order valence-electron chi connectivity index (χ3n) is 2.82. The van der Waals surface area contributed by atoms with Crippen molar-refractivity contribution < 1.29 is 4.79 Å². The van der Waals surface area contributed by atoms with E-state index >= 15 is 0 Å². The van der Waals surface area contributed by atoms with Gasteiger partial charge in [0.2, 0.25) is 0 Å². The Kier molecular flexibility index (Phi) is 3.87. The normalized spacial score (nSPS) is 28.0. The van der Waals surface area contributed by atoms with Crippen molar-refractivity contribution in [1.29, 1.82) is 0 Å². The molecule has 1 saturated carbocycles. The number of rotatable bonds is 2. The molecule has 0 aromatic rings. The van der Waals surface area contributed by atoms with E-state index in [0.717, 1.165) is 19.3 Å². The van der Waals surface area contributed by atoms with Gasteiger partial charge in [0, 0.05) is 5.92 Å². The van der Waals surface area contributed by atoms with E-state index in [2.05, 4.69) is 12.7 Å². The van der Waals surface area contributed by atoms with Crippen molar-refractivity contribution in [1.82, 2.24) is 0 Å². The minimum absolute atomic E-state index is 0.105. The third-order valence-corrected chi connectivity index (χ3v) is 2.82. The molecule has 0 heterocycles. The zero-order chi connectivity index (χ0) is 10.6. The van der Waals surface area contributed by atoms with Crippen molar-refractivity contribution in [3.05, 3.63) is 36.0 Å². The van der Waals surface area contributed by atoms with E-state index in [-0.39, 0.29) is 11.7 Å². The molecular weight excluding hydrogens is 172 g/mol. The molecule has 0 unspecified atom stereocenters. The lowest BCUT2D eigenvalue weighted by atomic mass is 9.78. The summed E-state index contributed by atoms with van der Waals surface area (Å²) in [5.74, 6) is 0.380. The lowest BCUT2D eigenvalue weighted by Gasteiger charge is -2.25. The van der Waals surface area contributed by atoms with E-state index in [1.165, 1.54) is 11.1 Å². The summed E-state index contributed by atoms with van der Waals surface area (Å²) in [6, 6.07) is 0. The summed E-state index contributed by atoms with van der Waals surface area (Å²) in [5.41, 5.74) is 2.50. The second kappa shape index (κ2) is 4.94. The predicted octanol–water partition coefficient (Wildman–Crippen LogP) is 3.43. The first-order chi connectivity index (χ1) is 6.70. The van der Waals surface area contributed by atoms with Gasteiger partial charge in [0.05, 0.1) is 0 Å².